The van der Waals surface area contributed by atoms with E-state index in [4.69, 9.17) is 5.26 Å². The zero-order valence-electron chi connectivity index (χ0n) is 11.8. The summed E-state index contributed by atoms with van der Waals surface area (Å²) in [6.45, 7) is 4.18. The number of allylic oxidation sites excluding steroid dienone is 5. The number of pyridine rings is 1. The molecule has 1 N–H and O–H groups in total. The molecular weight excluding hydrogens is 369 g/mol. The van der Waals surface area contributed by atoms with Gasteiger partial charge in [0.2, 0.25) is 0 Å². The Morgan fingerprint density at radius 1 is 1.43 bits per heavy atom. The van der Waals surface area contributed by atoms with Gasteiger partial charge in [0.25, 0.3) is 0 Å². The fourth-order valence-electron chi connectivity index (χ4n) is 1.44. The van der Waals surface area contributed by atoms with E-state index in [2.05, 4.69) is 55.7 Å². The van der Waals surface area contributed by atoms with Crippen LogP contribution in [-0.2, 0) is 15.6 Å². The fourth-order valence-corrected chi connectivity index (χ4v) is 1.96. The maximum absolute atomic E-state index is 8.74. The van der Waals surface area contributed by atoms with E-state index in [0.29, 0.717) is 11.6 Å². The molecule has 0 saturated carbocycles. The van der Waals surface area contributed by atoms with Gasteiger partial charge in [0.05, 0.1) is 0 Å². The molecule has 0 aromatic carbocycles. The average molecular weight is 385 g/mol. The van der Waals surface area contributed by atoms with Crippen molar-refractivity contribution in [2.24, 2.45) is 0 Å². The van der Waals surface area contributed by atoms with Crippen LogP contribution in [-0.4, -0.2) is 15.9 Å². The average Bonchev–Trinajstić information content (AvgIpc) is 2.45. The molecule has 0 atom stereocenters. The summed E-state index contributed by atoms with van der Waals surface area (Å²) in [5.74, 6) is 0. The van der Waals surface area contributed by atoms with Crippen LogP contribution in [0.2, 0.25) is 0 Å². The SMILES string of the molecule is CC(C)Nc1cc(C=CC=C/C=C(/C#N)[CH]=[Mn])ncc1Br. The summed E-state index contributed by atoms with van der Waals surface area (Å²) in [6.07, 6.45) is 11.0. The molecule has 0 aliphatic carbocycles. The van der Waals surface area contributed by atoms with Crippen LogP contribution in [0.15, 0.2) is 46.6 Å². The van der Waals surface area contributed by atoms with Crippen molar-refractivity contribution < 1.29 is 15.6 Å². The van der Waals surface area contributed by atoms with Crippen LogP contribution in [0.4, 0.5) is 5.69 Å². The van der Waals surface area contributed by atoms with Crippen molar-refractivity contribution >= 4 is 32.6 Å². The Bertz CT molecular complexity index is 625. The van der Waals surface area contributed by atoms with Crippen molar-refractivity contribution in [2.75, 3.05) is 5.32 Å². The molecule has 21 heavy (non-hydrogen) atoms. The quantitative estimate of drug-likeness (QED) is 0.457. The number of aromatic nitrogens is 1. The Morgan fingerprint density at radius 3 is 2.81 bits per heavy atom. The summed E-state index contributed by atoms with van der Waals surface area (Å²) >= 11 is 6.60. The number of halogens is 1. The Kier molecular flexibility index (Phi) is 7.92. The first-order chi connectivity index (χ1) is 10.1. The van der Waals surface area contributed by atoms with Crippen molar-refractivity contribution in [1.82, 2.24) is 4.98 Å². The third kappa shape index (κ3) is 6.68. The van der Waals surface area contributed by atoms with Crippen molar-refractivity contribution in [3.63, 3.8) is 0 Å². The van der Waals surface area contributed by atoms with Crippen LogP contribution in [0.3, 0.4) is 0 Å². The maximum atomic E-state index is 8.74. The Morgan fingerprint density at radius 2 is 2.19 bits per heavy atom. The van der Waals surface area contributed by atoms with Gasteiger partial charge in [-0.15, -0.1) is 0 Å². The first-order valence-corrected chi connectivity index (χ1v) is 7.85. The fraction of sp³-hybridized carbons (Fsp3) is 0.188. The van der Waals surface area contributed by atoms with Gasteiger partial charge >= 0.3 is 128 Å². The van der Waals surface area contributed by atoms with E-state index in [9.17, 15) is 0 Å². The molecule has 0 spiro atoms. The first-order valence-electron chi connectivity index (χ1n) is 6.37. The van der Waals surface area contributed by atoms with Crippen LogP contribution < -0.4 is 5.32 Å². The molecule has 109 valence electrons. The second kappa shape index (κ2) is 9.46. The Labute approximate surface area is 142 Å². The molecule has 0 unspecified atom stereocenters. The summed E-state index contributed by atoms with van der Waals surface area (Å²) in [6, 6.07) is 4.39. The second-order valence-corrected chi connectivity index (χ2v) is 5.67. The van der Waals surface area contributed by atoms with Gasteiger partial charge in [-0.2, -0.15) is 0 Å². The van der Waals surface area contributed by atoms with Crippen LogP contribution in [0, 0.1) is 11.3 Å². The second-order valence-electron chi connectivity index (χ2n) is 4.47. The van der Waals surface area contributed by atoms with Crippen molar-refractivity contribution in [1.29, 1.82) is 5.26 Å². The predicted molar refractivity (Wildman–Crippen MR) is 88.6 cm³/mol. The molecule has 1 heterocycles. The van der Waals surface area contributed by atoms with Gasteiger partial charge in [0, 0.05) is 0 Å². The molecule has 1 rings (SSSR count). The number of anilines is 1. The van der Waals surface area contributed by atoms with E-state index in [1.54, 1.807) is 23.3 Å². The first kappa shape index (κ1) is 17.6. The van der Waals surface area contributed by atoms with Gasteiger partial charge in [-0.1, -0.05) is 0 Å². The van der Waals surface area contributed by atoms with Crippen molar-refractivity contribution in [3.8, 4) is 6.07 Å². The van der Waals surface area contributed by atoms with Crippen molar-refractivity contribution in [3.05, 3.63) is 52.3 Å². The summed E-state index contributed by atoms with van der Waals surface area (Å²) < 4.78 is 0.943. The van der Waals surface area contributed by atoms with Gasteiger partial charge < -0.3 is 0 Å². The summed E-state index contributed by atoms with van der Waals surface area (Å²) in [7, 11) is 0. The Balaban J connectivity index is 2.77. The van der Waals surface area contributed by atoms with E-state index < -0.39 is 0 Å². The minimum absolute atomic E-state index is 0.357. The molecule has 1 aromatic rings. The van der Waals surface area contributed by atoms with Gasteiger partial charge in [-0.3, -0.25) is 0 Å². The molecule has 0 bridgehead atoms. The molecule has 0 radical (unpaired) electrons. The molecule has 1 aromatic heterocycles. The number of hydrogen-bond acceptors (Lipinski definition) is 3. The van der Waals surface area contributed by atoms with E-state index >= 15 is 0 Å². The van der Waals surface area contributed by atoms with E-state index in [0.717, 1.165) is 15.9 Å². The number of rotatable bonds is 6. The van der Waals surface area contributed by atoms with Gasteiger partial charge in [0.1, 0.15) is 0 Å². The van der Waals surface area contributed by atoms with Gasteiger partial charge in [-0.05, 0) is 13.8 Å². The van der Waals surface area contributed by atoms with Crippen LogP contribution >= 0.6 is 15.9 Å². The van der Waals surface area contributed by atoms with Gasteiger partial charge in [0.15, 0.2) is 0 Å². The van der Waals surface area contributed by atoms with Crippen molar-refractivity contribution in [2.45, 2.75) is 19.9 Å². The number of nitrogens with zero attached hydrogens (tertiary/aromatic N) is 2. The summed E-state index contributed by atoms with van der Waals surface area (Å²) in [4.78, 5) is 5.91. The topological polar surface area (TPSA) is 48.7 Å². The monoisotopic (exact) mass is 384 g/mol. The van der Waals surface area contributed by atoms with E-state index in [1.807, 2.05) is 30.4 Å². The third-order valence-electron chi connectivity index (χ3n) is 2.33. The van der Waals surface area contributed by atoms with Crippen LogP contribution in [0.1, 0.15) is 19.5 Å². The molecule has 5 heteroatoms. The predicted octanol–water partition coefficient (Wildman–Crippen LogP) is 4.03. The van der Waals surface area contributed by atoms with Crippen LogP contribution in [0.5, 0.6) is 0 Å². The molecule has 3 nitrogen and oxygen atoms in total. The van der Waals surface area contributed by atoms with E-state index in [-0.39, 0.29) is 0 Å². The zero-order chi connectivity index (χ0) is 15.7. The molecule has 0 saturated heterocycles. The number of nitriles is 1. The molecule has 0 fully saturated rings. The Hall–Kier alpha value is -1.47. The summed E-state index contributed by atoms with van der Waals surface area (Å²) in [5, 5.41) is 12.1. The third-order valence-corrected chi connectivity index (χ3v) is 3.33. The molecule has 0 aliphatic heterocycles. The minimum atomic E-state index is 0.357. The normalized spacial score (nSPS) is 12.0. The molecule has 0 amide bonds. The van der Waals surface area contributed by atoms with Crippen LogP contribution in [0.25, 0.3) is 6.08 Å². The zero-order valence-corrected chi connectivity index (χ0v) is 14.6. The van der Waals surface area contributed by atoms with E-state index in [1.165, 1.54) is 0 Å². The van der Waals surface area contributed by atoms with Gasteiger partial charge in [-0.25, -0.2) is 0 Å². The summed E-state index contributed by atoms with van der Waals surface area (Å²) in [5.41, 5.74) is 2.44. The molecule has 0 aliphatic rings. The molecular formula is C16H16BrMnN3. The number of nitrogens with one attached hydrogen (secondary N) is 1. The standard InChI is InChI=1S/C16H16BrN3.Mn/c1-12(2)20-16-9-14(19-11-15(16)17)8-6-4-5-7-13(3)10-18;/h3-9,11-12H,1-2H3,(H,19,20);/b5-4?,8-6?,13-7+;. The number of hydrogen-bond donors (Lipinski definition) is 1.